The molecule has 1 atom stereocenters. The maximum Gasteiger partial charge on any atom is 0.224 e. The van der Waals surface area contributed by atoms with Crippen molar-refractivity contribution in [2.24, 2.45) is 12.8 Å². The molecule has 0 saturated carbocycles. The third-order valence-electron chi connectivity index (χ3n) is 2.37. The van der Waals surface area contributed by atoms with E-state index in [-0.39, 0.29) is 11.9 Å². The lowest BCUT2D eigenvalue weighted by atomic mass is 10.3. The maximum absolute atomic E-state index is 11.4. The monoisotopic (exact) mass is 194 g/mol. The molecule has 5 heteroatoms. The van der Waals surface area contributed by atoms with E-state index in [1.54, 1.807) is 9.58 Å². The van der Waals surface area contributed by atoms with Crippen LogP contribution in [-0.4, -0.2) is 33.2 Å². The number of nitrogens with zero attached hydrogens (tertiary/aromatic N) is 3. The molecule has 1 aliphatic rings. The Kier molecular flexibility index (Phi) is 2.25. The first-order chi connectivity index (χ1) is 6.65. The smallest absolute Gasteiger partial charge is 0.224 e. The summed E-state index contributed by atoms with van der Waals surface area (Å²) in [6.07, 6.45) is 2.34. The lowest BCUT2D eigenvalue weighted by molar-refractivity contribution is -0.128. The molecule has 1 aromatic rings. The number of rotatable bonds is 2. The summed E-state index contributed by atoms with van der Waals surface area (Å²) in [6.45, 7) is 1.22. The van der Waals surface area contributed by atoms with Crippen LogP contribution in [0, 0.1) is 0 Å². The summed E-state index contributed by atoms with van der Waals surface area (Å²) in [7, 11) is 1.86. The normalized spacial score (nSPS) is 22.0. The van der Waals surface area contributed by atoms with Gasteiger partial charge in [0.25, 0.3) is 0 Å². The molecule has 1 fully saturated rings. The average molecular weight is 194 g/mol. The van der Waals surface area contributed by atoms with Gasteiger partial charge in [0.1, 0.15) is 0 Å². The fraction of sp³-hybridized carbons (Fsp3) is 0.556. The van der Waals surface area contributed by atoms with E-state index in [2.05, 4.69) is 5.10 Å². The van der Waals surface area contributed by atoms with Gasteiger partial charge in [0.05, 0.1) is 12.2 Å². The van der Waals surface area contributed by atoms with Gasteiger partial charge in [-0.1, -0.05) is 0 Å². The number of carbonyl (C=O) groups excluding carboxylic acids is 1. The van der Waals surface area contributed by atoms with Crippen molar-refractivity contribution in [3.8, 4) is 0 Å². The van der Waals surface area contributed by atoms with Crippen molar-refractivity contribution in [2.75, 3.05) is 6.54 Å². The maximum atomic E-state index is 11.4. The molecule has 14 heavy (non-hydrogen) atoms. The highest BCUT2D eigenvalue weighted by Crippen LogP contribution is 2.12. The Bertz CT molecular complexity index is 346. The molecule has 76 valence electrons. The van der Waals surface area contributed by atoms with E-state index in [0.29, 0.717) is 19.5 Å². The van der Waals surface area contributed by atoms with Gasteiger partial charge < -0.3 is 10.6 Å². The van der Waals surface area contributed by atoms with Crippen LogP contribution in [0.1, 0.15) is 12.1 Å². The topological polar surface area (TPSA) is 64.2 Å². The highest BCUT2D eigenvalue weighted by atomic mass is 16.2. The number of aryl methyl sites for hydroxylation is 1. The number of likely N-dealkylation sites (tertiary alicyclic amines) is 1. The Morgan fingerprint density at radius 1 is 1.71 bits per heavy atom. The van der Waals surface area contributed by atoms with Gasteiger partial charge in [-0.25, -0.2) is 0 Å². The zero-order valence-electron chi connectivity index (χ0n) is 8.18. The third-order valence-corrected chi connectivity index (χ3v) is 2.37. The lowest BCUT2D eigenvalue weighted by Crippen LogP contribution is -2.28. The summed E-state index contributed by atoms with van der Waals surface area (Å²) >= 11 is 0. The second-order valence-electron chi connectivity index (χ2n) is 3.72. The zero-order chi connectivity index (χ0) is 10.1. The van der Waals surface area contributed by atoms with Crippen LogP contribution < -0.4 is 5.73 Å². The van der Waals surface area contributed by atoms with Crippen molar-refractivity contribution < 1.29 is 4.79 Å². The van der Waals surface area contributed by atoms with Crippen molar-refractivity contribution in [3.05, 3.63) is 18.0 Å². The van der Waals surface area contributed by atoms with Crippen molar-refractivity contribution in [1.82, 2.24) is 14.7 Å². The molecule has 0 radical (unpaired) electrons. The van der Waals surface area contributed by atoms with Gasteiger partial charge in [-0.2, -0.15) is 5.10 Å². The molecule has 1 saturated heterocycles. The van der Waals surface area contributed by atoms with Crippen molar-refractivity contribution >= 4 is 5.91 Å². The summed E-state index contributed by atoms with van der Waals surface area (Å²) < 4.78 is 1.73. The van der Waals surface area contributed by atoms with E-state index < -0.39 is 0 Å². The van der Waals surface area contributed by atoms with Gasteiger partial charge >= 0.3 is 0 Å². The molecular formula is C9H14N4O. The Morgan fingerprint density at radius 2 is 2.50 bits per heavy atom. The van der Waals surface area contributed by atoms with Crippen LogP contribution in [0.15, 0.2) is 12.3 Å². The standard InChI is InChI=1S/C9H14N4O/c1-12-3-2-8(11-12)6-13-5-7(10)4-9(13)14/h2-3,7H,4-6,10H2,1H3. The SMILES string of the molecule is Cn1ccc(CN2CC(N)CC2=O)n1. The highest BCUT2D eigenvalue weighted by Gasteiger charge is 2.26. The van der Waals surface area contributed by atoms with E-state index in [9.17, 15) is 4.79 Å². The van der Waals surface area contributed by atoms with Crippen LogP contribution in [-0.2, 0) is 18.4 Å². The van der Waals surface area contributed by atoms with E-state index in [0.717, 1.165) is 5.69 Å². The van der Waals surface area contributed by atoms with Crippen LogP contribution in [0.2, 0.25) is 0 Å². The van der Waals surface area contributed by atoms with Crippen molar-refractivity contribution in [2.45, 2.75) is 19.0 Å². The Hall–Kier alpha value is -1.36. The Labute approximate surface area is 82.5 Å². The number of aromatic nitrogens is 2. The summed E-state index contributed by atoms with van der Waals surface area (Å²) in [5.74, 6) is 0.128. The van der Waals surface area contributed by atoms with Gasteiger partial charge in [0.15, 0.2) is 0 Å². The third kappa shape index (κ3) is 1.77. The van der Waals surface area contributed by atoms with E-state index in [1.807, 2.05) is 19.3 Å². The van der Waals surface area contributed by atoms with Gasteiger partial charge in [-0.3, -0.25) is 9.48 Å². The van der Waals surface area contributed by atoms with E-state index >= 15 is 0 Å². The van der Waals surface area contributed by atoms with Crippen LogP contribution >= 0.6 is 0 Å². The summed E-state index contributed by atoms with van der Waals surface area (Å²) in [6, 6.07) is 1.91. The molecule has 2 heterocycles. The largest absolute Gasteiger partial charge is 0.335 e. The first-order valence-electron chi connectivity index (χ1n) is 4.67. The summed E-state index contributed by atoms with van der Waals surface area (Å²) in [4.78, 5) is 13.2. The van der Waals surface area contributed by atoms with Gasteiger partial charge in [0, 0.05) is 32.3 Å². The lowest BCUT2D eigenvalue weighted by Gasteiger charge is -2.13. The van der Waals surface area contributed by atoms with Gasteiger partial charge in [0.2, 0.25) is 5.91 Å². The van der Waals surface area contributed by atoms with Crippen LogP contribution in [0.4, 0.5) is 0 Å². The molecule has 0 spiro atoms. The molecular weight excluding hydrogens is 180 g/mol. The molecule has 1 amide bonds. The second kappa shape index (κ2) is 3.42. The van der Waals surface area contributed by atoms with Crippen LogP contribution in [0.25, 0.3) is 0 Å². The van der Waals surface area contributed by atoms with Crippen molar-refractivity contribution in [1.29, 1.82) is 0 Å². The first-order valence-corrected chi connectivity index (χ1v) is 4.67. The first kappa shape index (κ1) is 9.21. The number of amides is 1. The number of hydrogen-bond acceptors (Lipinski definition) is 3. The quantitative estimate of drug-likeness (QED) is 0.689. The molecule has 0 bridgehead atoms. The number of nitrogens with two attached hydrogens (primary N) is 1. The van der Waals surface area contributed by atoms with Gasteiger partial charge in [-0.15, -0.1) is 0 Å². The minimum atomic E-state index is -0.00814. The van der Waals surface area contributed by atoms with Crippen molar-refractivity contribution in [3.63, 3.8) is 0 Å². The Morgan fingerprint density at radius 3 is 3.00 bits per heavy atom. The molecule has 5 nitrogen and oxygen atoms in total. The molecule has 1 aromatic heterocycles. The minimum Gasteiger partial charge on any atom is -0.335 e. The molecule has 0 aromatic carbocycles. The predicted octanol–water partition coefficient (Wildman–Crippen LogP) is -0.520. The summed E-state index contributed by atoms with van der Waals surface area (Å²) in [5.41, 5.74) is 6.60. The second-order valence-corrected chi connectivity index (χ2v) is 3.72. The molecule has 0 aliphatic carbocycles. The fourth-order valence-electron chi connectivity index (χ4n) is 1.70. The number of carbonyl (C=O) groups is 1. The number of hydrogen-bond donors (Lipinski definition) is 1. The van der Waals surface area contributed by atoms with Gasteiger partial charge in [-0.05, 0) is 6.07 Å². The Balaban J connectivity index is 2.01. The van der Waals surface area contributed by atoms with Crippen LogP contribution in [0.3, 0.4) is 0 Å². The zero-order valence-corrected chi connectivity index (χ0v) is 8.18. The molecule has 1 unspecified atom stereocenters. The summed E-state index contributed by atoms with van der Waals surface area (Å²) in [5, 5.41) is 4.22. The highest BCUT2D eigenvalue weighted by molar-refractivity contribution is 5.79. The predicted molar refractivity (Wildman–Crippen MR) is 51.2 cm³/mol. The molecule has 2 N–H and O–H groups in total. The van der Waals surface area contributed by atoms with Crippen LogP contribution in [0.5, 0.6) is 0 Å². The molecule has 1 aliphatic heterocycles. The average Bonchev–Trinajstić information content (AvgIpc) is 2.61. The van der Waals surface area contributed by atoms with E-state index in [4.69, 9.17) is 5.73 Å². The minimum absolute atomic E-state index is 0.00814. The fourth-order valence-corrected chi connectivity index (χ4v) is 1.70. The van der Waals surface area contributed by atoms with E-state index in [1.165, 1.54) is 0 Å². The molecule has 2 rings (SSSR count).